The molecule has 2 heterocycles. The minimum atomic E-state index is 0.263. The van der Waals surface area contributed by atoms with E-state index in [1.807, 2.05) is 25.1 Å². The van der Waals surface area contributed by atoms with Gasteiger partial charge in [0.25, 0.3) is 0 Å². The number of hydrogen-bond donors (Lipinski definition) is 1. The highest BCUT2D eigenvalue weighted by Crippen LogP contribution is 2.63. The average Bonchev–Trinajstić information content (AvgIpc) is 3.53. The Morgan fingerprint density at radius 2 is 2.05 bits per heavy atom. The number of aromatic nitrogens is 2. The van der Waals surface area contributed by atoms with E-state index in [4.69, 9.17) is 16.6 Å². The van der Waals surface area contributed by atoms with Gasteiger partial charge in [0.1, 0.15) is 6.29 Å². The van der Waals surface area contributed by atoms with Gasteiger partial charge in [-0.15, -0.1) is 0 Å². The molecule has 0 bridgehead atoms. The number of halogens is 1. The maximum atomic E-state index is 11.4. The molecule has 2 unspecified atom stereocenters. The van der Waals surface area contributed by atoms with E-state index in [0.29, 0.717) is 12.0 Å². The van der Waals surface area contributed by atoms with Crippen LogP contribution in [0, 0.1) is 12.8 Å². The Morgan fingerprint density at radius 3 is 2.84 bits per heavy atom. The van der Waals surface area contributed by atoms with Crippen molar-refractivity contribution in [2.45, 2.75) is 50.5 Å². The molecule has 2 aromatic carbocycles. The molecule has 3 aromatic rings. The molecule has 3 aliphatic rings. The fraction of sp³-hybridized carbons (Fsp3) is 0.533. The maximum Gasteiger partial charge on any atom is 0.204 e. The van der Waals surface area contributed by atoms with Crippen LogP contribution in [0.3, 0.4) is 0 Å². The molecular formula is C30H38ClN5O. The number of imidazole rings is 1. The number of aryl methyl sites for hydroxylation is 1. The molecular weight excluding hydrogens is 482 g/mol. The first-order chi connectivity index (χ1) is 17.9. The first-order valence-electron chi connectivity index (χ1n) is 13.8. The van der Waals surface area contributed by atoms with Gasteiger partial charge in [0, 0.05) is 49.4 Å². The summed E-state index contributed by atoms with van der Waals surface area (Å²) >= 11 is 6.43. The normalized spacial score (nSPS) is 26.2. The molecule has 3 atom stereocenters. The summed E-state index contributed by atoms with van der Waals surface area (Å²) < 4.78 is 0. The van der Waals surface area contributed by atoms with Crippen LogP contribution in [0.1, 0.15) is 53.6 Å². The highest BCUT2D eigenvalue weighted by molar-refractivity contribution is 6.32. The third kappa shape index (κ3) is 4.91. The minimum Gasteiger partial charge on any atom is -0.339 e. The molecule has 2 aliphatic carbocycles. The number of H-pyrrole nitrogens is 1. The molecule has 1 aliphatic heterocycles. The van der Waals surface area contributed by atoms with Gasteiger partial charge < -0.3 is 19.7 Å². The van der Waals surface area contributed by atoms with Gasteiger partial charge in [0.15, 0.2) is 0 Å². The number of piperazine rings is 1. The van der Waals surface area contributed by atoms with Gasteiger partial charge in [-0.1, -0.05) is 29.8 Å². The Morgan fingerprint density at radius 1 is 1.22 bits per heavy atom. The van der Waals surface area contributed by atoms with Crippen molar-refractivity contribution in [3.05, 3.63) is 58.1 Å². The fourth-order valence-corrected chi connectivity index (χ4v) is 6.99. The van der Waals surface area contributed by atoms with Crippen molar-refractivity contribution in [1.82, 2.24) is 19.8 Å². The van der Waals surface area contributed by atoms with Crippen molar-refractivity contribution < 1.29 is 4.79 Å². The van der Waals surface area contributed by atoms with Gasteiger partial charge in [0.2, 0.25) is 5.95 Å². The topological polar surface area (TPSA) is 55.5 Å². The molecule has 1 N–H and O–H groups in total. The third-order valence-electron chi connectivity index (χ3n) is 9.24. The lowest BCUT2D eigenvalue weighted by atomic mass is 9.80. The lowest BCUT2D eigenvalue weighted by Crippen LogP contribution is -2.46. The summed E-state index contributed by atoms with van der Waals surface area (Å²) in [7, 11) is 2.21. The van der Waals surface area contributed by atoms with Crippen molar-refractivity contribution in [3.8, 4) is 0 Å². The number of likely N-dealkylation sites (N-methyl/N-ethyl adjacent to an activating group) is 1. The number of anilines is 1. The number of aromatic amines is 1. The van der Waals surface area contributed by atoms with Crippen LogP contribution in [0.5, 0.6) is 0 Å². The number of hydrogen-bond acceptors (Lipinski definition) is 5. The zero-order valence-electron chi connectivity index (χ0n) is 22.0. The first kappa shape index (κ1) is 24.9. The maximum absolute atomic E-state index is 11.4. The molecule has 6 nitrogen and oxygen atoms in total. The van der Waals surface area contributed by atoms with E-state index >= 15 is 0 Å². The van der Waals surface area contributed by atoms with Crippen LogP contribution in [0.4, 0.5) is 5.95 Å². The van der Waals surface area contributed by atoms with E-state index in [1.165, 1.54) is 24.8 Å². The summed E-state index contributed by atoms with van der Waals surface area (Å²) in [6.45, 7) is 8.82. The molecule has 0 radical (unpaired) electrons. The van der Waals surface area contributed by atoms with Gasteiger partial charge in [-0.2, -0.15) is 0 Å². The first-order valence-corrected chi connectivity index (χ1v) is 14.2. The van der Waals surface area contributed by atoms with Crippen LogP contribution in [-0.2, 0) is 5.41 Å². The predicted molar refractivity (Wildman–Crippen MR) is 151 cm³/mol. The van der Waals surface area contributed by atoms with Crippen molar-refractivity contribution in [2.24, 2.45) is 5.92 Å². The van der Waals surface area contributed by atoms with E-state index in [0.717, 1.165) is 91.5 Å². The Balaban J connectivity index is 1.20. The average molecular weight is 520 g/mol. The Labute approximate surface area is 225 Å². The van der Waals surface area contributed by atoms with Crippen LogP contribution >= 0.6 is 11.6 Å². The lowest BCUT2D eigenvalue weighted by molar-refractivity contribution is 0.112. The predicted octanol–water partition coefficient (Wildman–Crippen LogP) is 5.29. The minimum absolute atomic E-state index is 0.263. The molecule has 196 valence electrons. The van der Waals surface area contributed by atoms with Gasteiger partial charge >= 0.3 is 0 Å². The summed E-state index contributed by atoms with van der Waals surface area (Å²) in [5.74, 6) is 1.66. The smallest absolute Gasteiger partial charge is 0.204 e. The SMILES string of the molecule is Cc1cc2[nH]c(N(CCCN3CCN(C)CC3)[C@@H]3CCC4(c5cccc(C=O)c5)CC4C3)nc2cc1Cl. The molecule has 0 amide bonds. The van der Waals surface area contributed by atoms with Crippen LogP contribution < -0.4 is 4.90 Å². The van der Waals surface area contributed by atoms with E-state index in [-0.39, 0.29) is 5.41 Å². The van der Waals surface area contributed by atoms with Gasteiger partial charge in [0.05, 0.1) is 11.0 Å². The molecule has 1 aromatic heterocycles. The Hall–Kier alpha value is -2.41. The number of rotatable bonds is 8. The zero-order valence-corrected chi connectivity index (χ0v) is 22.8. The quantitative estimate of drug-likeness (QED) is 0.410. The molecule has 3 fully saturated rings. The van der Waals surface area contributed by atoms with Crippen molar-refractivity contribution in [3.63, 3.8) is 0 Å². The number of nitrogens with one attached hydrogen (secondary N) is 1. The Kier molecular flexibility index (Phi) is 6.76. The lowest BCUT2D eigenvalue weighted by Gasteiger charge is -2.38. The zero-order chi connectivity index (χ0) is 25.6. The van der Waals surface area contributed by atoms with Gasteiger partial charge in [-0.3, -0.25) is 4.79 Å². The molecule has 2 saturated carbocycles. The number of aldehydes is 1. The second-order valence-corrected chi connectivity index (χ2v) is 12.0. The monoisotopic (exact) mass is 519 g/mol. The second-order valence-electron chi connectivity index (χ2n) is 11.6. The summed E-state index contributed by atoms with van der Waals surface area (Å²) in [6, 6.07) is 12.9. The van der Waals surface area contributed by atoms with Crippen molar-refractivity contribution in [2.75, 3.05) is 51.2 Å². The van der Waals surface area contributed by atoms with Crippen LogP contribution in [-0.4, -0.2) is 78.4 Å². The molecule has 0 spiro atoms. The highest BCUT2D eigenvalue weighted by Gasteiger charge is 2.58. The number of carbonyl (C=O) groups is 1. The fourth-order valence-electron chi connectivity index (χ4n) is 6.83. The van der Waals surface area contributed by atoms with Crippen molar-refractivity contribution in [1.29, 1.82) is 0 Å². The molecule has 6 rings (SSSR count). The molecule has 37 heavy (non-hydrogen) atoms. The van der Waals surface area contributed by atoms with Crippen LogP contribution in [0.2, 0.25) is 5.02 Å². The number of nitrogens with zero attached hydrogens (tertiary/aromatic N) is 4. The number of carbonyl (C=O) groups excluding carboxylic acids is 1. The summed E-state index contributed by atoms with van der Waals surface area (Å²) in [4.78, 5) is 27.6. The second kappa shape index (κ2) is 10.0. The number of fused-ring (bicyclic) bond motifs is 2. The van der Waals surface area contributed by atoms with Gasteiger partial charge in [-0.25, -0.2) is 4.98 Å². The van der Waals surface area contributed by atoms with E-state index in [2.05, 4.69) is 44.9 Å². The van der Waals surface area contributed by atoms with Crippen LogP contribution in [0.25, 0.3) is 11.0 Å². The highest BCUT2D eigenvalue weighted by atomic mass is 35.5. The number of benzene rings is 2. The van der Waals surface area contributed by atoms with E-state index in [1.54, 1.807) is 0 Å². The molecule has 1 saturated heterocycles. The van der Waals surface area contributed by atoms with Crippen LogP contribution in [0.15, 0.2) is 36.4 Å². The molecule has 7 heteroatoms. The van der Waals surface area contributed by atoms with E-state index in [9.17, 15) is 4.79 Å². The standard InChI is InChI=1S/C30H38ClN5O/c1-21-15-27-28(18-26(21)31)33-29(32-27)36(10-4-9-35-13-11-34(2)12-14-35)25-7-8-30(19-24(30)17-25)23-6-3-5-22(16-23)20-37/h3,5-6,15-16,18,20,24-25H,4,7-14,17,19H2,1-2H3,(H,32,33)/t24?,25-,30?/m1/s1. The summed E-state index contributed by atoms with van der Waals surface area (Å²) in [6.07, 6.45) is 6.83. The summed E-state index contributed by atoms with van der Waals surface area (Å²) in [5, 5.41) is 0.769. The largest absolute Gasteiger partial charge is 0.339 e. The van der Waals surface area contributed by atoms with E-state index < -0.39 is 0 Å². The Bertz CT molecular complexity index is 1240. The third-order valence-corrected chi connectivity index (χ3v) is 9.65. The van der Waals surface area contributed by atoms with Crippen molar-refractivity contribution >= 4 is 34.9 Å². The summed E-state index contributed by atoms with van der Waals surface area (Å²) in [5.41, 5.74) is 5.49. The van der Waals surface area contributed by atoms with Gasteiger partial charge in [-0.05, 0) is 93.3 Å².